The summed E-state index contributed by atoms with van der Waals surface area (Å²) in [6.45, 7) is 4.08. The molecule has 0 bridgehead atoms. The number of carbonyl (C=O) groups excluding carboxylic acids is 1. The van der Waals surface area contributed by atoms with Gasteiger partial charge < -0.3 is 15.3 Å². The number of hydrogen-bond acceptors (Lipinski definition) is 2. The highest BCUT2D eigenvalue weighted by atomic mass is 16.4. The summed E-state index contributed by atoms with van der Waals surface area (Å²) in [5, 5.41) is 11.6. The van der Waals surface area contributed by atoms with Crippen molar-refractivity contribution in [1.29, 1.82) is 0 Å². The number of nitrogens with zero attached hydrogens (tertiary/aromatic N) is 1. The van der Waals surface area contributed by atoms with Gasteiger partial charge in [-0.1, -0.05) is 44.2 Å². The molecule has 0 aliphatic heterocycles. The van der Waals surface area contributed by atoms with E-state index in [1.165, 1.54) is 4.90 Å². The maximum Gasteiger partial charge on any atom is 0.326 e. The minimum atomic E-state index is -1.01. The molecule has 0 aliphatic rings. The maximum atomic E-state index is 11.9. The summed E-state index contributed by atoms with van der Waals surface area (Å²) in [5.41, 5.74) is 1.14. The number of nitrogens with one attached hydrogen (secondary N) is 1. The Hall–Kier alpha value is -2.04. The highest BCUT2D eigenvalue weighted by Gasteiger charge is 2.24. The summed E-state index contributed by atoms with van der Waals surface area (Å²) in [7, 11) is 1.66. The van der Waals surface area contributed by atoms with Crippen LogP contribution in [0.15, 0.2) is 30.3 Å². The van der Waals surface area contributed by atoms with Crippen molar-refractivity contribution < 1.29 is 14.7 Å². The second-order valence-corrected chi connectivity index (χ2v) is 5.17. The summed E-state index contributed by atoms with van der Waals surface area (Å²) in [4.78, 5) is 24.5. The molecule has 2 N–H and O–H groups in total. The van der Waals surface area contributed by atoms with Crippen molar-refractivity contribution in [1.82, 2.24) is 10.2 Å². The molecule has 5 heteroatoms. The van der Waals surface area contributed by atoms with Crippen molar-refractivity contribution in [2.45, 2.75) is 26.3 Å². The molecule has 1 rings (SSSR count). The first-order valence-electron chi connectivity index (χ1n) is 6.70. The van der Waals surface area contributed by atoms with Crippen LogP contribution in [0.1, 0.15) is 19.4 Å². The van der Waals surface area contributed by atoms with Crippen LogP contribution in [0.4, 0.5) is 4.79 Å². The van der Waals surface area contributed by atoms with Gasteiger partial charge in [0.15, 0.2) is 0 Å². The second-order valence-electron chi connectivity index (χ2n) is 5.17. The Labute approximate surface area is 119 Å². The Morgan fingerprint density at radius 3 is 2.35 bits per heavy atom. The predicted octanol–water partition coefficient (Wildman–Crippen LogP) is 1.98. The van der Waals surface area contributed by atoms with E-state index in [0.29, 0.717) is 6.54 Å². The topological polar surface area (TPSA) is 69.6 Å². The van der Waals surface area contributed by atoms with Crippen LogP contribution in [0.3, 0.4) is 0 Å². The Morgan fingerprint density at radius 1 is 1.25 bits per heavy atom. The Morgan fingerprint density at radius 2 is 1.85 bits per heavy atom. The number of carboxylic acids is 1. The number of rotatable bonds is 6. The van der Waals surface area contributed by atoms with Crippen LogP contribution >= 0.6 is 0 Å². The molecule has 0 spiro atoms. The number of amides is 2. The molecule has 20 heavy (non-hydrogen) atoms. The summed E-state index contributed by atoms with van der Waals surface area (Å²) in [6.07, 6.45) is 0.740. The summed E-state index contributed by atoms with van der Waals surface area (Å²) >= 11 is 0. The number of urea groups is 1. The molecule has 1 atom stereocenters. The van der Waals surface area contributed by atoms with Crippen molar-refractivity contribution in [2.24, 2.45) is 5.92 Å². The molecule has 0 unspecified atom stereocenters. The number of carbonyl (C=O) groups is 2. The minimum absolute atomic E-state index is 0.154. The van der Waals surface area contributed by atoms with E-state index >= 15 is 0 Å². The van der Waals surface area contributed by atoms with Crippen molar-refractivity contribution in [3.05, 3.63) is 35.9 Å². The molecule has 0 saturated heterocycles. The molecular formula is C15H22N2O3. The van der Waals surface area contributed by atoms with Crippen LogP contribution in [-0.4, -0.2) is 41.6 Å². The van der Waals surface area contributed by atoms with E-state index in [1.54, 1.807) is 20.9 Å². The van der Waals surface area contributed by atoms with Crippen molar-refractivity contribution in [3.63, 3.8) is 0 Å². The van der Waals surface area contributed by atoms with Crippen molar-refractivity contribution in [2.75, 3.05) is 13.6 Å². The molecule has 0 heterocycles. The van der Waals surface area contributed by atoms with Gasteiger partial charge in [-0.2, -0.15) is 0 Å². The van der Waals surface area contributed by atoms with Crippen LogP contribution in [0.2, 0.25) is 0 Å². The van der Waals surface area contributed by atoms with Gasteiger partial charge in [0.25, 0.3) is 0 Å². The molecule has 0 aliphatic carbocycles. The average molecular weight is 278 g/mol. The molecule has 0 fully saturated rings. The van der Waals surface area contributed by atoms with E-state index in [9.17, 15) is 9.59 Å². The van der Waals surface area contributed by atoms with Crippen LogP contribution in [0.25, 0.3) is 0 Å². The van der Waals surface area contributed by atoms with Gasteiger partial charge in [-0.15, -0.1) is 0 Å². The molecule has 1 aromatic carbocycles. The summed E-state index contributed by atoms with van der Waals surface area (Å²) < 4.78 is 0. The standard InChI is InChI=1S/C15H22N2O3/c1-11(2)13(14(18)19)16-15(20)17(3)10-9-12-7-5-4-6-8-12/h4-8,11,13H,9-10H2,1-3H3,(H,16,20)(H,18,19)/t13-/m0/s1. The van der Waals surface area contributed by atoms with E-state index in [4.69, 9.17) is 5.11 Å². The Bertz CT molecular complexity index is 446. The summed E-state index contributed by atoms with van der Waals surface area (Å²) in [6, 6.07) is 8.63. The lowest BCUT2D eigenvalue weighted by atomic mass is 10.1. The molecule has 1 aromatic rings. The average Bonchev–Trinajstić information content (AvgIpc) is 2.42. The first kappa shape index (κ1) is 16.0. The normalized spacial score (nSPS) is 12.0. The molecule has 0 radical (unpaired) electrons. The van der Waals surface area contributed by atoms with Crippen LogP contribution in [0, 0.1) is 5.92 Å². The Balaban J connectivity index is 2.48. The molecule has 0 aromatic heterocycles. The fraction of sp³-hybridized carbons (Fsp3) is 0.467. The number of likely N-dealkylation sites (N-methyl/N-ethyl adjacent to an activating group) is 1. The van der Waals surface area contributed by atoms with E-state index < -0.39 is 12.0 Å². The molecule has 110 valence electrons. The fourth-order valence-electron chi connectivity index (χ4n) is 1.80. The van der Waals surface area contributed by atoms with Gasteiger partial charge in [0.1, 0.15) is 6.04 Å². The molecular weight excluding hydrogens is 256 g/mol. The van der Waals surface area contributed by atoms with E-state index in [-0.39, 0.29) is 11.9 Å². The lowest BCUT2D eigenvalue weighted by molar-refractivity contribution is -0.140. The van der Waals surface area contributed by atoms with Crippen molar-refractivity contribution in [3.8, 4) is 0 Å². The number of hydrogen-bond donors (Lipinski definition) is 2. The third-order valence-electron chi connectivity index (χ3n) is 3.14. The quantitative estimate of drug-likeness (QED) is 0.836. The molecule has 5 nitrogen and oxygen atoms in total. The zero-order valence-corrected chi connectivity index (χ0v) is 12.2. The predicted molar refractivity (Wildman–Crippen MR) is 77.6 cm³/mol. The van der Waals surface area contributed by atoms with Crippen LogP contribution < -0.4 is 5.32 Å². The number of benzene rings is 1. The summed E-state index contributed by atoms with van der Waals surface area (Å²) in [5.74, 6) is -1.16. The lowest BCUT2D eigenvalue weighted by Gasteiger charge is -2.23. The van der Waals surface area contributed by atoms with Gasteiger partial charge in [0.05, 0.1) is 0 Å². The molecule has 2 amide bonds. The Kier molecular flexibility index (Phi) is 6.03. The van der Waals surface area contributed by atoms with Crippen LogP contribution in [0.5, 0.6) is 0 Å². The van der Waals surface area contributed by atoms with E-state index in [1.807, 2.05) is 30.3 Å². The highest BCUT2D eigenvalue weighted by Crippen LogP contribution is 2.04. The van der Waals surface area contributed by atoms with Gasteiger partial charge >= 0.3 is 12.0 Å². The van der Waals surface area contributed by atoms with Gasteiger partial charge in [0, 0.05) is 13.6 Å². The largest absolute Gasteiger partial charge is 0.480 e. The lowest BCUT2D eigenvalue weighted by Crippen LogP contribution is -2.49. The van der Waals surface area contributed by atoms with Gasteiger partial charge in [0.2, 0.25) is 0 Å². The fourth-order valence-corrected chi connectivity index (χ4v) is 1.80. The monoisotopic (exact) mass is 278 g/mol. The van der Waals surface area contributed by atoms with E-state index in [2.05, 4.69) is 5.32 Å². The first-order valence-corrected chi connectivity index (χ1v) is 6.70. The maximum absolute atomic E-state index is 11.9. The van der Waals surface area contributed by atoms with Gasteiger partial charge in [-0.3, -0.25) is 0 Å². The number of carboxylic acid groups (broad SMARTS) is 1. The smallest absolute Gasteiger partial charge is 0.326 e. The van der Waals surface area contributed by atoms with Crippen LogP contribution in [-0.2, 0) is 11.2 Å². The van der Waals surface area contributed by atoms with E-state index in [0.717, 1.165) is 12.0 Å². The zero-order chi connectivity index (χ0) is 15.1. The second kappa shape index (κ2) is 7.53. The number of aliphatic carboxylic acids is 1. The zero-order valence-electron chi connectivity index (χ0n) is 12.2. The van der Waals surface area contributed by atoms with Gasteiger partial charge in [-0.05, 0) is 17.9 Å². The molecule has 0 saturated carbocycles. The third kappa shape index (κ3) is 4.91. The van der Waals surface area contributed by atoms with Crippen molar-refractivity contribution >= 4 is 12.0 Å². The minimum Gasteiger partial charge on any atom is -0.480 e. The third-order valence-corrected chi connectivity index (χ3v) is 3.14. The first-order chi connectivity index (χ1) is 9.41. The highest BCUT2D eigenvalue weighted by molar-refractivity contribution is 5.82. The van der Waals surface area contributed by atoms with Gasteiger partial charge in [-0.25, -0.2) is 9.59 Å². The SMILES string of the molecule is CC(C)[C@H](NC(=O)N(C)CCc1ccccc1)C(=O)O.